The Morgan fingerprint density at radius 3 is 2.44 bits per heavy atom. The molecule has 0 bridgehead atoms. The smallest absolute Gasteiger partial charge is 0.266 e. The van der Waals surface area contributed by atoms with Gasteiger partial charge in [0, 0.05) is 30.6 Å². The fourth-order valence-corrected chi connectivity index (χ4v) is 3.78. The van der Waals surface area contributed by atoms with Gasteiger partial charge >= 0.3 is 0 Å². The minimum Gasteiger partial charge on any atom is -0.491 e. The van der Waals surface area contributed by atoms with E-state index in [1.165, 1.54) is 42.8 Å². The molecule has 164 valence electrons. The summed E-state index contributed by atoms with van der Waals surface area (Å²) in [6.07, 6.45) is 4.33. The Morgan fingerprint density at radius 2 is 1.81 bits per heavy atom. The fraction of sp³-hybridized carbons (Fsp3) is 0.217. The summed E-state index contributed by atoms with van der Waals surface area (Å²) in [7, 11) is 1.53. The molecular weight excluding hydrogens is 416 g/mol. The Balaban J connectivity index is 1.91. The van der Waals surface area contributed by atoms with Crippen molar-refractivity contribution >= 4 is 11.9 Å². The van der Waals surface area contributed by atoms with Gasteiger partial charge in [0.05, 0.1) is 0 Å². The van der Waals surface area contributed by atoms with Crippen LogP contribution in [-0.2, 0) is 10.3 Å². The van der Waals surface area contributed by atoms with Crippen LogP contribution in [0.2, 0.25) is 0 Å². The highest BCUT2D eigenvalue weighted by molar-refractivity contribution is 6.09. The third-order valence-corrected chi connectivity index (χ3v) is 5.42. The molecule has 0 radical (unpaired) electrons. The lowest BCUT2D eigenvalue weighted by Crippen LogP contribution is -2.41. The zero-order chi connectivity index (χ0) is 22.9. The van der Waals surface area contributed by atoms with Crippen LogP contribution < -0.4 is 10.5 Å². The first-order valence-corrected chi connectivity index (χ1v) is 9.87. The predicted octanol–water partition coefficient (Wildman–Crippen LogP) is 2.97. The quantitative estimate of drug-likeness (QED) is 0.640. The number of guanidine groups is 1. The number of nitrogens with zero attached hydrogens (tertiary/aromatic N) is 4. The third kappa shape index (κ3) is 3.45. The summed E-state index contributed by atoms with van der Waals surface area (Å²) in [5.41, 5.74) is 6.87. The molecule has 1 aliphatic rings. The van der Waals surface area contributed by atoms with Crippen LogP contribution in [0.5, 0.6) is 5.75 Å². The number of aromatic nitrogens is 2. The van der Waals surface area contributed by atoms with Crippen molar-refractivity contribution in [1.29, 1.82) is 0 Å². The molecule has 3 aromatic rings. The lowest BCUT2D eigenvalue weighted by Gasteiger charge is -2.27. The second kappa shape index (κ2) is 8.33. The molecule has 0 spiro atoms. The number of aliphatic imine (C=N–C) groups is 1. The highest BCUT2D eigenvalue weighted by atomic mass is 19.1. The Bertz CT molecular complexity index is 1200. The molecule has 1 atom stereocenters. The molecule has 0 saturated heterocycles. The molecule has 2 aromatic carbocycles. The molecule has 9 heteroatoms. The maximum Gasteiger partial charge on any atom is 0.266 e. The number of carbonyl (C=O) groups excluding carboxylic acids is 1. The standard InChI is InChI=1S/C23H21F2N5O2/c1-14-9-16(4-6-20(14)32-8-7-24)23(21(31)30(2)22(26)29-23)17-3-5-19(25)18(10-17)15-11-27-13-28-12-15/h3-6,9-13H,7-8H2,1-2H3,(H2,26,29)/t23-/m0/s1. The van der Waals surface area contributed by atoms with Gasteiger partial charge in [0.15, 0.2) is 11.5 Å². The van der Waals surface area contributed by atoms with E-state index >= 15 is 0 Å². The molecule has 0 fully saturated rings. The molecule has 2 N–H and O–H groups in total. The molecule has 32 heavy (non-hydrogen) atoms. The van der Waals surface area contributed by atoms with Crippen LogP contribution in [0, 0.1) is 12.7 Å². The van der Waals surface area contributed by atoms with Crippen molar-refractivity contribution in [3.05, 3.63) is 77.6 Å². The lowest BCUT2D eigenvalue weighted by atomic mass is 9.81. The number of likely N-dealkylation sites (N-methyl/N-ethyl adjacent to an activating group) is 1. The number of hydrogen-bond donors (Lipinski definition) is 1. The van der Waals surface area contributed by atoms with Gasteiger partial charge in [-0.2, -0.15) is 0 Å². The normalized spacial score (nSPS) is 18.1. The summed E-state index contributed by atoms with van der Waals surface area (Å²) in [6.45, 7) is 1.10. The largest absolute Gasteiger partial charge is 0.491 e. The number of carbonyl (C=O) groups is 1. The molecule has 7 nitrogen and oxygen atoms in total. The third-order valence-electron chi connectivity index (χ3n) is 5.42. The van der Waals surface area contributed by atoms with E-state index in [-0.39, 0.29) is 24.0 Å². The Hall–Kier alpha value is -3.88. The molecule has 1 amide bonds. The number of alkyl halides is 1. The molecule has 0 unspecified atom stereocenters. The van der Waals surface area contributed by atoms with E-state index in [0.717, 1.165) is 0 Å². The van der Waals surface area contributed by atoms with Crippen molar-refractivity contribution in [2.24, 2.45) is 10.7 Å². The number of ether oxygens (including phenoxy) is 1. The van der Waals surface area contributed by atoms with Gasteiger partial charge in [0.25, 0.3) is 5.91 Å². The van der Waals surface area contributed by atoms with Gasteiger partial charge in [0.2, 0.25) is 0 Å². The SMILES string of the molecule is Cc1cc([C@@]2(c3ccc(F)c(-c4cncnc4)c3)N=C(N)N(C)C2=O)ccc1OCCF. The van der Waals surface area contributed by atoms with Crippen molar-refractivity contribution in [3.8, 4) is 16.9 Å². The average Bonchev–Trinajstić information content (AvgIpc) is 3.04. The first kappa shape index (κ1) is 21.4. The van der Waals surface area contributed by atoms with Gasteiger partial charge < -0.3 is 10.5 Å². The molecule has 0 aliphatic carbocycles. The van der Waals surface area contributed by atoms with Gasteiger partial charge in [0.1, 0.15) is 31.2 Å². The summed E-state index contributed by atoms with van der Waals surface area (Å²) in [5.74, 6) is -0.327. The van der Waals surface area contributed by atoms with E-state index in [2.05, 4.69) is 15.0 Å². The maximum absolute atomic E-state index is 14.7. The average molecular weight is 437 g/mol. The molecule has 1 aromatic heterocycles. The fourth-order valence-electron chi connectivity index (χ4n) is 3.78. The number of halogens is 2. The van der Waals surface area contributed by atoms with Crippen molar-refractivity contribution in [1.82, 2.24) is 14.9 Å². The summed E-state index contributed by atoms with van der Waals surface area (Å²) in [6, 6.07) is 9.44. The maximum atomic E-state index is 14.7. The summed E-state index contributed by atoms with van der Waals surface area (Å²) < 4.78 is 32.6. The minimum atomic E-state index is -1.51. The van der Waals surface area contributed by atoms with Gasteiger partial charge in [-0.25, -0.2) is 23.7 Å². The summed E-state index contributed by atoms with van der Waals surface area (Å²) in [4.78, 5) is 27.2. The summed E-state index contributed by atoms with van der Waals surface area (Å²) >= 11 is 0. The lowest BCUT2D eigenvalue weighted by molar-refractivity contribution is -0.129. The predicted molar refractivity (Wildman–Crippen MR) is 115 cm³/mol. The van der Waals surface area contributed by atoms with Crippen LogP contribution in [0.25, 0.3) is 11.1 Å². The molecular formula is C23H21F2N5O2. The van der Waals surface area contributed by atoms with Crippen molar-refractivity contribution in [2.75, 3.05) is 20.3 Å². The van der Waals surface area contributed by atoms with E-state index in [1.54, 1.807) is 31.2 Å². The molecule has 4 rings (SSSR count). The zero-order valence-electron chi connectivity index (χ0n) is 17.5. The monoisotopic (exact) mass is 437 g/mol. The van der Waals surface area contributed by atoms with E-state index in [4.69, 9.17) is 10.5 Å². The number of amides is 1. The van der Waals surface area contributed by atoms with Gasteiger partial charge in [-0.1, -0.05) is 12.1 Å². The second-order valence-electron chi connectivity index (χ2n) is 7.38. The van der Waals surface area contributed by atoms with E-state index in [9.17, 15) is 13.6 Å². The highest BCUT2D eigenvalue weighted by Crippen LogP contribution is 2.42. The van der Waals surface area contributed by atoms with Crippen LogP contribution in [-0.4, -0.2) is 47.1 Å². The number of aryl methyl sites for hydroxylation is 1. The number of benzene rings is 2. The highest BCUT2D eigenvalue weighted by Gasteiger charge is 2.49. The van der Waals surface area contributed by atoms with Gasteiger partial charge in [-0.15, -0.1) is 0 Å². The number of hydrogen-bond acceptors (Lipinski definition) is 6. The van der Waals surface area contributed by atoms with Crippen LogP contribution in [0.1, 0.15) is 16.7 Å². The van der Waals surface area contributed by atoms with E-state index in [1.807, 2.05) is 0 Å². The summed E-state index contributed by atoms with van der Waals surface area (Å²) in [5, 5.41) is 0. The second-order valence-corrected chi connectivity index (χ2v) is 7.38. The molecule has 0 saturated carbocycles. The van der Waals surface area contributed by atoms with Crippen LogP contribution in [0.4, 0.5) is 8.78 Å². The van der Waals surface area contributed by atoms with Gasteiger partial charge in [-0.05, 0) is 47.9 Å². The Labute approximate surface area is 183 Å². The van der Waals surface area contributed by atoms with Gasteiger partial charge in [-0.3, -0.25) is 9.69 Å². The molecule has 2 heterocycles. The Kier molecular flexibility index (Phi) is 5.56. The Morgan fingerprint density at radius 1 is 1.12 bits per heavy atom. The van der Waals surface area contributed by atoms with Crippen molar-refractivity contribution in [2.45, 2.75) is 12.5 Å². The minimum absolute atomic E-state index is 0.0410. The van der Waals surface area contributed by atoms with Crippen LogP contribution in [0.15, 0.2) is 60.1 Å². The van der Waals surface area contributed by atoms with Crippen LogP contribution in [0.3, 0.4) is 0 Å². The van der Waals surface area contributed by atoms with Crippen molar-refractivity contribution < 1.29 is 18.3 Å². The first-order valence-electron chi connectivity index (χ1n) is 9.87. The van der Waals surface area contributed by atoms with E-state index < -0.39 is 18.0 Å². The molecule has 1 aliphatic heterocycles. The topological polar surface area (TPSA) is 93.7 Å². The van der Waals surface area contributed by atoms with Crippen LogP contribution >= 0.6 is 0 Å². The van der Waals surface area contributed by atoms with Crippen molar-refractivity contribution in [3.63, 3.8) is 0 Å². The van der Waals surface area contributed by atoms with E-state index in [0.29, 0.717) is 28.0 Å². The number of nitrogens with two attached hydrogens (primary N) is 1. The zero-order valence-corrected chi connectivity index (χ0v) is 17.5. The first-order chi connectivity index (χ1) is 15.4. The number of rotatable bonds is 6.